The van der Waals surface area contributed by atoms with Crippen LogP contribution in [-0.2, 0) is 20.0 Å². The zero-order chi connectivity index (χ0) is 18.7. The van der Waals surface area contributed by atoms with E-state index in [1.54, 1.807) is 23.9 Å². The smallest absolute Gasteiger partial charge is 0.255 e. The van der Waals surface area contributed by atoms with Gasteiger partial charge in [0.15, 0.2) is 0 Å². The van der Waals surface area contributed by atoms with Crippen LogP contribution in [0.5, 0.6) is 0 Å². The maximum absolute atomic E-state index is 13.2. The van der Waals surface area contributed by atoms with Crippen molar-refractivity contribution in [2.45, 2.75) is 9.79 Å². The highest BCUT2D eigenvalue weighted by Crippen LogP contribution is 2.23. The van der Waals surface area contributed by atoms with E-state index in [1.807, 2.05) is 18.4 Å². The van der Waals surface area contributed by atoms with Crippen LogP contribution in [0.2, 0.25) is 0 Å². The lowest BCUT2D eigenvalue weighted by atomic mass is 10.2. The van der Waals surface area contributed by atoms with Crippen LogP contribution in [0.3, 0.4) is 0 Å². The van der Waals surface area contributed by atoms with Crippen molar-refractivity contribution in [3.63, 3.8) is 0 Å². The number of hydrogen-bond donors (Lipinski definition) is 2. The zero-order valence-corrected chi connectivity index (χ0v) is 15.5. The normalized spacial score (nSPS) is 12.4. The minimum absolute atomic E-state index is 0.328. The third-order valence-corrected chi connectivity index (χ3v) is 5.75. The van der Waals surface area contributed by atoms with Crippen LogP contribution in [0.25, 0.3) is 6.08 Å². The topological polar surface area (TPSA) is 106 Å². The molecule has 0 amide bonds. The SMILES string of the molecule is CSc1ccc(C=CS(=O)(=O)Nc2ccc(F)cc2S(N)(=O)=O)cc1. The van der Waals surface area contributed by atoms with Crippen molar-refractivity contribution in [3.05, 3.63) is 59.3 Å². The molecule has 0 aliphatic carbocycles. The van der Waals surface area contributed by atoms with Crippen LogP contribution in [0.4, 0.5) is 10.1 Å². The molecule has 0 aromatic heterocycles. The summed E-state index contributed by atoms with van der Waals surface area (Å²) in [4.78, 5) is 0.385. The molecule has 0 saturated heterocycles. The minimum atomic E-state index is -4.30. The number of hydrogen-bond acceptors (Lipinski definition) is 5. The first kappa shape index (κ1) is 19.4. The standard InChI is InChI=1S/C15H15FN2O4S3/c1-23-13-5-2-11(3-6-13)8-9-24(19,20)18-14-7-4-12(16)10-15(14)25(17,21)22/h2-10,18H,1H3,(H2,17,21,22). The van der Waals surface area contributed by atoms with E-state index in [4.69, 9.17) is 5.14 Å². The molecule has 6 nitrogen and oxygen atoms in total. The first-order valence-electron chi connectivity index (χ1n) is 6.78. The first-order valence-corrected chi connectivity index (χ1v) is 11.1. The van der Waals surface area contributed by atoms with Gasteiger partial charge in [0, 0.05) is 4.90 Å². The lowest BCUT2D eigenvalue weighted by Crippen LogP contribution is -2.17. The molecule has 0 aliphatic heterocycles. The van der Waals surface area contributed by atoms with Crippen molar-refractivity contribution < 1.29 is 21.2 Å². The Balaban J connectivity index is 2.28. The average Bonchev–Trinajstić information content (AvgIpc) is 2.54. The molecule has 2 aromatic rings. The van der Waals surface area contributed by atoms with Gasteiger partial charge in [0.2, 0.25) is 10.0 Å². The number of anilines is 1. The number of nitrogens with one attached hydrogen (secondary N) is 1. The predicted octanol–water partition coefficient (Wildman–Crippen LogP) is 2.61. The zero-order valence-electron chi connectivity index (χ0n) is 13.0. The quantitative estimate of drug-likeness (QED) is 0.723. The average molecular weight is 402 g/mol. The second-order valence-electron chi connectivity index (χ2n) is 4.91. The fraction of sp³-hybridized carbons (Fsp3) is 0.0667. The maximum atomic E-state index is 13.2. The highest BCUT2D eigenvalue weighted by Gasteiger charge is 2.18. The number of nitrogens with two attached hydrogens (primary N) is 1. The van der Waals surface area contributed by atoms with Gasteiger partial charge in [-0.25, -0.2) is 26.4 Å². The molecule has 25 heavy (non-hydrogen) atoms. The molecule has 0 atom stereocenters. The summed E-state index contributed by atoms with van der Waals surface area (Å²) in [5.74, 6) is -0.851. The molecule has 0 heterocycles. The number of rotatable bonds is 6. The summed E-state index contributed by atoms with van der Waals surface area (Å²) >= 11 is 1.55. The first-order chi connectivity index (χ1) is 11.6. The van der Waals surface area contributed by atoms with Crippen molar-refractivity contribution in [2.24, 2.45) is 5.14 Å². The van der Waals surface area contributed by atoms with Gasteiger partial charge in [0.05, 0.1) is 11.1 Å². The van der Waals surface area contributed by atoms with Gasteiger partial charge in [-0.1, -0.05) is 12.1 Å². The Morgan fingerprint density at radius 1 is 1.08 bits per heavy atom. The van der Waals surface area contributed by atoms with E-state index in [0.717, 1.165) is 22.4 Å². The Hall–Kier alpha value is -1.88. The van der Waals surface area contributed by atoms with Gasteiger partial charge in [-0.3, -0.25) is 4.72 Å². The fourth-order valence-corrected chi connectivity index (χ4v) is 3.95. The molecule has 0 bridgehead atoms. The van der Waals surface area contributed by atoms with E-state index in [1.165, 1.54) is 6.08 Å². The van der Waals surface area contributed by atoms with E-state index in [0.29, 0.717) is 11.6 Å². The van der Waals surface area contributed by atoms with Crippen molar-refractivity contribution in [2.75, 3.05) is 11.0 Å². The molecule has 3 N–H and O–H groups in total. The van der Waals surface area contributed by atoms with E-state index < -0.39 is 30.8 Å². The van der Waals surface area contributed by atoms with Crippen molar-refractivity contribution >= 4 is 43.6 Å². The molecule has 0 radical (unpaired) electrons. The second-order valence-corrected chi connectivity index (χ2v) is 8.88. The molecule has 10 heteroatoms. The molecule has 134 valence electrons. The van der Waals surface area contributed by atoms with Gasteiger partial charge in [-0.15, -0.1) is 11.8 Å². The van der Waals surface area contributed by atoms with Crippen LogP contribution in [0.15, 0.2) is 57.7 Å². The van der Waals surface area contributed by atoms with Crippen LogP contribution in [0, 0.1) is 5.82 Å². The monoisotopic (exact) mass is 402 g/mol. The Bertz CT molecular complexity index is 1000. The highest BCUT2D eigenvalue weighted by molar-refractivity contribution is 7.98. The lowest BCUT2D eigenvalue weighted by molar-refractivity contribution is 0.593. The summed E-state index contributed by atoms with van der Waals surface area (Å²) in [6.45, 7) is 0. The summed E-state index contributed by atoms with van der Waals surface area (Å²) in [7, 11) is -8.32. The van der Waals surface area contributed by atoms with Gasteiger partial charge in [-0.2, -0.15) is 0 Å². The summed E-state index contributed by atoms with van der Waals surface area (Å²) in [6.07, 6.45) is 3.28. The van der Waals surface area contributed by atoms with Crippen LogP contribution >= 0.6 is 11.8 Å². The van der Waals surface area contributed by atoms with Crippen molar-refractivity contribution in [1.82, 2.24) is 0 Å². The summed E-state index contributed by atoms with van der Waals surface area (Å²) < 4.78 is 62.5. The largest absolute Gasteiger partial charge is 0.279 e. The molecule has 2 rings (SSSR count). The Morgan fingerprint density at radius 2 is 1.72 bits per heavy atom. The molecule has 0 aliphatic rings. The summed E-state index contributed by atoms with van der Waals surface area (Å²) in [5.41, 5.74) is 0.320. The molecular formula is C15H15FN2O4S3. The van der Waals surface area contributed by atoms with Crippen LogP contribution < -0.4 is 9.86 Å². The fourth-order valence-electron chi connectivity index (χ4n) is 1.89. The molecule has 0 fully saturated rings. The van der Waals surface area contributed by atoms with Gasteiger partial charge in [0.1, 0.15) is 10.7 Å². The Morgan fingerprint density at radius 3 is 2.28 bits per heavy atom. The predicted molar refractivity (Wildman–Crippen MR) is 97.6 cm³/mol. The number of primary sulfonamides is 1. The van der Waals surface area contributed by atoms with Gasteiger partial charge < -0.3 is 0 Å². The second kappa shape index (κ2) is 7.56. The van der Waals surface area contributed by atoms with Gasteiger partial charge >= 0.3 is 0 Å². The third kappa shape index (κ3) is 5.56. The van der Waals surface area contributed by atoms with E-state index in [-0.39, 0.29) is 5.69 Å². The molecule has 0 unspecified atom stereocenters. The van der Waals surface area contributed by atoms with E-state index in [9.17, 15) is 21.2 Å². The van der Waals surface area contributed by atoms with E-state index in [2.05, 4.69) is 4.72 Å². The summed E-state index contributed by atoms with van der Waals surface area (Å²) in [5, 5.41) is 5.87. The maximum Gasteiger partial charge on any atom is 0.255 e. The molecule has 0 saturated carbocycles. The minimum Gasteiger partial charge on any atom is -0.279 e. The number of halogens is 1. The van der Waals surface area contributed by atoms with Gasteiger partial charge in [0.25, 0.3) is 10.0 Å². The number of sulfonamides is 2. The highest BCUT2D eigenvalue weighted by atomic mass is 32.2. The van der Waals surface area contributed by atoms with Crippen LogP contribution in [-0.4, -0.2) is 23.1 Å². The Kier molecular flexibility index (Phi) is 5.88. The third-order valence-electron chi connectivity index (χ3n) is 3.06. The molecule has 2 aromatic carbocycles. The van der Waals surface area contributed by atoms with Crippen LogP contribution in [0.1, 0.15) is 5.56 Å². The summed E-state index contributed by atoms with van der Waals surface area (Å²) in [6, 6.07) is 9.73. The number of benzene rings is 2. The van der Waals surface area contributed by atoms with E-state index >= 15 is 0 Å². The lowest BCUT2D eigenvalue weighted by Gasteiger charge is -2.09. The Labute approximate surface area is 150 Å². The number of thioether (sulfide) groups is 1. The molecule has 0 spiro atoms. The van der Waals surface area contributed by atoms with Gasteiger partial charge in [-0.05, 0) is 48.2 Å². The van der Waals surface area contributed by atoms with Crippen molar-refractivity contribution in [1.29, 1.82) is 0 Å². The van der Waals surface area contributed by atoms with Crippen molar-refractivity contribution in [3.8, 4) is 0 Å². The molecular weight excluding hydrogens is 387 g/mol.